The Morgan fingerprint density at radius 2 is 1.79 bits per heavy atom. The number of nitrogens with zero attached hydrogens (tertiary/aromatic N) is 1. The van der Waals surface area contributed by atoms with Crippen LogP contribution < -0.4 is 0 Å². The van der Waals surface area contributed by atoms with Crippen molar-refractivity contribution in [3.8, 4) is 0 Å². The second kappa shape index (κ2) is 4.39. The van der Waals surface area contributed by atoms with Crippen LogP contribution in [0.2, 0.25) is 0 Å². The van der Waals surface area contributed by atoms with Crippen LogP contribution in [0.1, 0.15) is 34.6 Å². The van der Waals surface area contributed by atoms with Crippen molar-refractivity contribution in [1.82, 2.24) is 0 Å². The molecule has 0 amide bonds. The minimum absolute atomic E-state index is 0.240. The third-order valence-corrected chi connectivity index (χ3v) is 2.30. The first-order chi connectivity index (χ1) is 6.27. The number of rotatable bonds is 4. The first-order valence-corrected chi connectivity index (χ1v) is 4.47. The second-order valence-electron chi connectivity index (χ2n) is 3.95. The van der Waals surface area contributed by atoms with Crippen molar-refractivity contribution < 1.29 is 14.3 Å². The molecule has 0 radical (unpaired) electrons. The molecule has 0 bridgehead atoms. The molecule has 0 aliphatic heterocycles. The average molecular weight is 203 g/mol. The molecule has 0 unspecified atom stereocenters. The fourth-order valence-corrected chi connectivity index (χ4v) is 0.590. The second-order valence-corrected chi connectivity index (χ2v) is 3.95. The molecule has 82 valence electrons. The SMILES string of the molecule is CCOC(=O)OC(C)(C)C(C)(C)N=O. The Morgan fingerprint density at radius 1 is 1.29 bits per heavy atom. The topological polar surface area (TPSA) is 65.0 Å². The van der Waals surface area contributed by atoms with Crippen LogP contribution >= 0.6 is 0 Å². The first-order valence-electron chi connectivity index (χ1n) is 4.47. The minimum Gasteiger partial charge on any atom is -0.435 e. The summed E-state index contributed by atoms with van der Waals surface area (Å²) in [7, 11) is 0. The van der Waals surface area contributed by atoms with Gasteiger partial charge in [-0.05, 0) is 34.6 Å². The van der Waals surface area contributed by atoms with Crippen molar-refractivity contribution in [2.24, 2.45) is 5.18 Å². The van der Waals surface area contributed by atoms with E-state index in [1.165, 1.54) is 0 Å². The van der Waals surface area contributed by atoms with Crippen molar-refractivity contribution in [3.63, 3.8) is 0 Å². The number of carbonyl (C=O) groups excluding carboxylic acids is 1. The van der Waals surface area contributed by atoms with Gasteiger partial charge in [-0.25, -0.2) is 4.79 Å². The molecule has 0 fully saturated rings. The summed E-state index contributed by atoms with van der Waals surface area (Å²) in [5, 5.41) is 2.92. The largest absolute Gasteiger partial charge is 0.508 e. The summed E-state index contributed by atoms with van der Waals surface area (Å²) < 4.78 is 9.59. The molecule has 0 saturated heterocycles. The highest BCUT2D eigenvalue weighted by atomic mass is 16.7. The van der Waals surface area contributed by atoms with Crippen LogP contribution in [0, 0.1) is 4.91 Å². The van der Waals surface area contributed by atoms with Crippen molar-refractivity contribution in [2.75, 3.05) is 6.61 Å². The van der Waals surface area contributed by atoms with E-state index < -0.39 is 17.3 Å². The third kappa shape index (κ3) is 2.97. The lowest BCUT2D eigenvalue weighted by Gasteiger charge is -2.34. The van der Waals surface area contributed by atoms with Crippen molar-refractivity contribution >= 4 is 6.16 Å². The Bertz CT molecular complexity index is 223. The number of nitroso groups, excluding NO2 is 1. The van der Waals surface area contributed by atoms with Crippen LogP contribution in [-0.4, -0.2) is 23.9 Å². The van der Waals surface area contributed by atoms with Gasteiger partial charge in [0.2, 0.25) is 0 Å². The molecule has 0 heterocycles. The van der Waals surface area contributed by atoms with E-state index in [1.807, 2.05) is 0 Å². The molecule has 0 spiro atoms. The van der Waals surface area contributed by atoms with Crippen LogP contribution in [-0.2, 0) is 9.47 Å². The summed E-state index contributed by atoms with van der Waals surface area (Å²) in [5.74, 6) is 0. The number of carbonyl (C=O) groups is 1. The molecule has 0 saturated carbocycles. The van der Waals surface area contributed by atoms with E-state index in [4.69, 9.17) is 4.74 Å². The summed E-state index contributed by atoms with van der Waals surface area (Å²) in [4.78, 5) is 21.6. The van der Waals surface area contributed by atoms with Gasteiger partial charge < -0.3 is 9.47 Å². The summed E-state index contributed by atoms with van der Waals surface area (Å²) >= 11 is 0. The summed E-state index contributed by atoms with van der Waals surface area (Å²) in [6.07, 6.45) is -0.783. The standard InChI is InChI=1S/C9H17NO4/c1-6-13-7(11)14-9(4,5)8(2,3)10-12/h6H2,1-5H3. The first kappa shape index (κ1) is 12.9. The summed E-state index contributed by atoms with van der Waals surface area (Å²) in [6, 6.07) is 0. The number of hydrogen-bond donors (Lipinski definition) is 0. The quantitative estimate of drug-likeness (QED) is 0.520. The van der Waals surface area contributed by atoms with Crippen LogP contribution in [0.5, 0.6) is 0 Å². The lowest BCUT2D eigenvalue weighted by atomic mass is 9.87. The monoisotopic (exact) mass is 203 g/mol. The lowest BCUT2D eigenvalue weighted by Crippen LogP contribution is -2.47. The zero-order valence-electron chi connectivity index (χ0n) is 9.29. The lowest BCUT2D eigenvalue weighted by molar-refractivity contribution is -0.0469. The molecule has 0 aliphatic carbocycles. The normalized spacial score (nSPS) is 12.1. The summed E-state index contributed by atoms with van der Waals surface area (Å²) in [5.41, 5.74) is -1.97. The molecule has 0 atom stereocenters. The smallest absolute Gasteiger partial charge is 0.435 e. The van der Waals surface area contributed by atoms with E-state index in [0.717, 1.165) is 0 Å². The van der Waals surface area contributed by atoms with Gasteiger partial charge in [0.1, 0.15) is 11.1 Å². The molecule has 5 heteroatoms. The number of hydrogen-bond acceptors (Lipinski definition) is 5. The minimum atomic E-state index is -0.986. The molecule has 0 rings (SSSR count). The highest BCUT2D eigenvalue weighted by Gasteiger charge is 2.42. The fraction of sp³-hybridized carbons (Fsp3) is 0.889. The van der Waals surface area contributed by atoms with Gasteiger partial charge in [-0.2, -0.15) is 4.91 Å². The molecule has 5 nitrogen and oxygen atoms in total. The molecule has 0 aromatic heterocycles. The van der Waals surface area contributed by atoms with Gasteiger partial charge in [-0.15, -0.1) is 0 Å². The van der Waals surface area contributed by atoms with E-state index in [2.05, 4.69) is 9.91 Å². The van der Waals surface area contributed by atoms with Gasteiger partial charge >= 0.3 is 6.16 Å². The van der Waals surface area contributed by atoms with Gasteiger partial charge in [0.25, 0.3) is 0 Å². The maximum atomic E-state index is 11.0. The maximum absolute atomic E-state index is 11.0. The Hall–Kier alpha value is -1.13. The highest BCUT2D eigenvalue weighted by Crippen LogP contribution is 2.29. The van der Waals surface area contributed by atoms with Crippen molar-refractivity contribution in [1.29, 1.82) is 0 Å². The van der Waals surface area contributed by atoms with Gasteiger partial charge in [0.15, 0.2) is 0 Å². The van der Waals surface area contributed by atoms with Crippen LogP contribution in [0.4, 0.5) is 4.79 Å². The van der Waals surface area contributed by atoms with E-state index >= 15 is 0 Å². The Balaban J connectivity index is 4.48. The third-order valence-electron chi connectivity index (χ3n) is 2.30. The Labute approximate surface area is 83.7 Å². The van der Waals surface area contributed by atoms with Crippen molar-refractivity contribution in [2.45, 2.75) is 45.8 Å². The summed E-state index contributed by atoms with van der Waals surface area (Å²) in [6.45, 7) is 8.34. The van der Waals surface area contributed by atoms with E-state index in [0.29, 0.717) is 0 Å². The van der Waals surface area contributed by atoms with E-state index in [-0.39, 0.29) is 6.61 Å². The predicted octanol–water partition coefficient (Wildman–Crippen LogP) is 2.48. The van der Waals surface area contributed by atoms with Gasteiger partial charge in [-0.1, -0.05) is 5.18 Å². The average Bonchev–Trinajstić information content (AvgIpc) is 2.03. The van der Waals surface area contributed by atoms with Gasteiger partial charge in [0, 0.05) is 0 Å². The Kier molecular flexibility index (Phi) is 4.04. The zero-order chi connectivity index (χ0) is 11.4. The molecule has 0 aromatic rings. The predicted molar refractivity (Wildman–Crippen MR) is 52.1 cm³/mol. The highest BCUT2D eigenvalue weighted by molar-refractivity contribution is 5.60. The molecule has 14 heavy (non-hydrogen) atoms. The molecule has 0 aromatic carbocycles. The van der Waals surface area contributed by atoms with Crippen LogP contribution in [0.25, 0.3) is 0 Å². The number of ether oxygens (including phenoxy) is 2. The zero-order valence-corrected chi connectivity index (χ0v) is 9.29. The van der Waals surface area contributed by atoms with E-state index in [9.17, 15) is 9.70 Å². The molecule has 0 N–H and O–H groups in total. The van der Waals surface area contributed by atoms with Crippen LogP contribution in [0.3, 0.4) is 0 Å². The van der Waals surface area contributed by atoms with Gasteiger partial charge in [-0.3, -0.25) is 0 Å². The fourth-order valence-electron chi connectivity index (χ4n) is 0.590. The molecular weight excluding hydrogens is 186 g/mol. The maximum Gasteiger partial charge on any atom is 0.508 e. The molecular formula is C9H17NO4. The van der Waals surface area contributed by atoms with Gasteiger partial charge in [0.05, 0.1) is 6.61 Å². The van der Waals surface area contributed by atoms with Crippen LogP contribution in [0.15, 0.2) is 5.18 Å². The molecule has 0 aliphatic rings. The Morgan fingerprint density at radius 3 is 2.14 bits per heavy atom. The van der Waals surface area contributed by atoms with Crippen molar-refractivity contribution in [3.05, 3.63) is 4.91 Å². The van der Waals surface area contributed by atoms with E-state index in [1.54, 1.807) is 34.6 Å².